The lowest BCUT2D eigenvalue weighted by molar-refractivity contribution is 0.151. The lowest BCUT2D eigenvalue weighted by Gasteiger charge is -2.06. The highest BCUT2D eigenvalue weighted by Gasteiger charge is 2.16. The van der Waals surface area contributed by atoms with Gasteiger partial charge in [0.25, 0.3) is 6.43 Å². The number of halogens is 4. The molecule has 13 heavy (non-hydrogen) atoms. The Morgan fingerprint density at radius 2 is 2.23 bits per heavy atom. The third-order valence-corrected chi connectivity index (χ3v) is 2.89. The van der Waals surface area contributed by atoms with E-state index in [0.29, 0.717) is 0 Å². The number of rotatable bonds is 2. The third-order valence-electron chi connectivity index (χ3n) is 1.40. The highest BCUT2D eigenvalue weighted by molar-refractivity contribution is 14.1. The summed E-state index contributed by atoms with van der Waals surface area (Å²) in [5.74, 6) is 0. The zero-order valence-electron chi connectivity index (χ0n) is 6.27. The Morgan fingerprint density at radius 3 is 2.69 bits per heavy atom. The van der Waals surface area contributed by atoms with E-state index in [9.17, 15) is 8.78 Å². The first-order valence-corrected chi connectivity index (χ1v) is 4.75. The predicted octanol–water partition coefficient (Wildman–Crippen LogP) is 2.77. The number of hydrogen-bond acceptors (Lipinski definition) is 2. The van der Waals surface area contributed by atoms with Crippen LogP contribution >= 0.6 is 34.2 Å². The van der Waals surface area contributed by atoms with Gasteiger partial charge in [-0.15, -0.1) is 0 Å². The molecule has 0 radical (unpaired) electrons. The highest BCUT2D eigenvalue weighted by Crippen LogP contribution is 2.30. The summed E-state index contributed by atoms with van der Waals surface area (Å²) < 4.78 is 24.9. The van der Waals surface area contributed by atoms with E-state index in [1.54, 1.807) is 22.6 Å². The SMILES string of the molecule is OCc1cc(C(F)F)c(Cl)c(I)n1. The van der Waals surface area contributed by atoms with Gasteiger partial charge in [0.05, 0.1) is 17.3 Å². The van der Waals surface area contributed by atoms with Crippen molar-refractivity contribution in [1.82, 2.24) is 4.98 Å². The van der Waals surface area contributed by atoms with Gasteiger partial charge in [-0.2, -0.15) is 0 Å². The summed E-state index contributed by atoms with van der Waals surface area (Å²) >= 11 is 7.33. The predicted molar refractivity (Wildman–Crippen MR) is 52.8 cm³/mol. The van der Waals surface area contributed by atoms with Crippen LogP contribution in [0.2, 0.25) is 5.02 Å². The van der Waals surface area contributed by atoms with Gasteiger partial charge in [0, 0.05) is 5.56 Å². The minimum absolute atomic E-state index is 0.0483. The first-order valence-electron chi connectivity index (χ1n) is 3.30. The second-order valence-electron chi connectivity index (χ2n) is 2.27. The van der Waals surface area contributed by atoms with Gasteiger partial charge >= 0.3 is 0 Å². The number of aromatic nitrogens is 1. The molecular formula is C7H5ClF2INO. The third kappa shape index (κ3) is 2.47. The fraction of sp³-hybridized carbons (Fsp3) is 0.286. The van der Waals surface area contributed by atoms with Crippen molar-refractivity contribution in [3.8, 4) is 0 Å². The smallest absolute Gasteiger partial charge is 0.265 e. The van der Waals surface area contributed by atoms with Crippen molar-refractivity contribution in [2.75, 3.05) is 0 Å². The molecule has 0 atom stereocenters. The summed E-state index contributed by atoms with van der Waals surface area (Å²) in [5.41, 5.74) is -0.0887. The summed E-state index contributed by atoms with van der Waals surface area (Å²) in [5, 5.41) is 8.66. The van der Waals surface area contributed by atoms with Crippen molar-refractivity contribution in [1.29, 1.82) is 0 Å². The normalized spacial score (nSPS) is 10.9. The Labute approximate surface area is 92.1 Å². The second kappa shape index (κ2) is 4.47. The monoisotopic (exact) mass is 319 g/mol. The lowest BCUT2D eigenvalue weighted by Crippen LogP contribution is -1.98. The van der Waals surface area contributed by atoms with Crippen molar-refractivity contribution >= 4 is 34.2 Å². The van der Waals surface area contributed by atoms with E-state index in [4.69, 9.17) is 16.7 Å². The molecule has 6 heteroatoms. The van der Waals surface area contributed by atoms with Crippen LogP contribution in [0.1, 0.15) is 17.7 Å². The van der Waals surface area contributed by atoms with Gasteiger partial charge in [0.15, 0.2) is 0 Å². The Bertz CT molecular complexity index is 322. The minimum atomic E-state index is -2.64. The van der Waals surface area contributed by atoms with E-state index < -0.39 is 6.43 Å². The molecule has 0 fully saturated rings. The second-order valence-corrected chi connectivity index (χ2v) is 3.67. The van der Waals surface area contributed by atoms with E-state index in [1.165, 1.54) is 0 Å². The maximum Gasteiger partial charge on any atom is 0.265 e. The van der Waals surface area contributed by atoms with Gasteiger partial charge in [-0.25, -0.2) is 13.8 Å². The number of hydrogen-bond donors (Lipinski definition) is 1. The molecule has 0 spiro atoms. The van der Waals surface area contributed by atoms with Crippen LogP contribution in [0.3, 0.4) is 0 Å². The molecule has 2 nitrogen and oxygen atoms in total. The first-order chi connectivity index (χ1) is 6.06. The van der Waals surface area contributed by atoms with E-state index >= 15 is 0 Å². The molecule has 1 N–H and O–H groups in total. The number of pyridine rings is 1. The van der Waals surface area contributed by atoms with Crippen LogP contribution in [-0.2, 0) is 6.61 Å². The molecule has 0 bridgehead atoms. The molecule has 72 valence electrons. The summed E-state index contributed by atoms with van der Waals surface area (Å²) in [6.45, 7) is -0.368. The van der Waals surface area contributed by atoms with E-state index in [1.807, 2.05) is 0 Å². The Balaban J connectivity index is 3.25. The average Bonchev–Trinajstić information content (AvgIpc) is 2.09. The summed E-state index contributed by atoms with van der Waals surface area (Å²) in [4.78, 5) is 3.81. The first kappa shape index (κ1) is 11.1. The van der Waals surface area contributed by atoms with E-state index in [-0.39, 0.29) is 26.6 Å². The molecule has 0 aliphatic heterocycles. The van der Waals surface area contributed by atoms with Crippen molar-refractivity contribution in [3.05, 3.63) is 26.0 Å². The molecule has 1 aromatic rings. The van der Waals surface area contributed by atoms with Gasteiger partial charge in [-0.05, 0) is 28.7 Å². The number of nitrogens with zero attached hydrogens (tertiary/aromatic N) is 1. The fourth-order valence-corrected chi connectivity index (χ4v) is 1.61. The zero-order valence-corrected chi connectivity index (χ0v) is 9.18. The van der Waals surface area contributed by atoms with Crippen LogP contribution in [0.5, 0.6) is 0 Å². The topological polar surface area (TPSA) is 33.1 Å². The molecular weight excluding hydrogens is 314 g/mol. The largest absolute Gasteiger partial charge is 0.390 e. The van der Waals surface area contributed by atoms with Crippen LogP contribution in [0, 0.1) is 3.70 Å². The molecule has 0 aliphatic carbocycles. The molecule has 1 heterocycles. The highest BCUT2D eigenvalue weighted by atomic mass is 127. The maximum atomic E-state index is 12.3. The van der Waals surface area contributed by atoms with Crippen LogP contribution in [0.4, 0.5) is 8.78 Å². The molecule has 0 amide bonds. The number of aliphatic hydroxyl groups excluding tert-OH is 1. The van der Waals surface area contributed by atoms with E-state index in [0.717, 1.165) is 6.07 Å². The number of aliphatic hydroxyl groups is 1. The van der Waals surface area contributed by atoms with Crippen molar-refractivity contribution < 1.29 is 13.9 Å². The van der Waals surface area contributed by atoms with Gasteiger partial charge < -0.3 is 5.11 Å². The Kier molecular flexibility index (Phi) is 3.81. The standard InChI is InChI=1S/C7H5ClF2INO/c8-5-4(6(9)10)1-3(2-13)12-7(5)11/h1,6,13H,2H2. The van der Waals surface area contributed by atoms with Crippen molar-refractivity contribution in [3.63, 3.8) is 0 Å². The van der Waals surface area contributed by atoms with Crippen molar-refractivity contribution in [2.45, 2.75) is 13.0 Å². The lowest BCUT2D eigenvalue weighted by atomic mass is 10.2. The zero-order chi connectivity index (χ0) is 10.0. The fourth-order valence-electron chi connectivity index (χ4n) is 0.809. The summed E-state index contributed by atoms with van der Waals surface area (Å²) in [6, 6.07) is 1.11. The molecule has 0 aliphatic rings. The van der Waals surface area contributed by atoms with Crippen LogP contribution in [0.15, 0.2) is 6.07 Å². The summed E-state index contributed by atoms with van der Waals surface area (Å²) in [6.07, 6.45) is -2.64. The molecule has 0 unspecified atom stereocenters. The Hall–Kier alpha value is -0.0100. The maximum absolute atomic E-state index is 12.3. The molecule has 1 aromatic heterocycles. The number of alkyl halides is 2. The molecule has 0 saturated carbocycles. The van der Waals surface area contributed by atoms with Gasteiger partial charge in [-0.3, -0.25) is 0 Å². The van der Waals surface area contributed by atoms with E-state index in [2.05, 4.69) is 4.98 Å². The van der Waals surface area contributed by atoms with Gasteiger partial charge in [-0.1, -0.05) is 11.6 Å². The molecule has 0 saturated heterocycles. The van der Waals surface area contributed by atoms with Gasteiger partial charge in [0.1, 0.15) is 3.70 Å². The van der Waals surface area contributed by atoms with Crippen molar-refractivity contribution in [2.24, 2.45) is 0 Å². The van der Waals surface area contributed by atoms with Crippen LogP contribution in [-0.4, -0.2) is 10.1 Å². The molecule has 1 rings (SSSR count). The van der Waals surface area contributed by atoms with Gasteiger partial charge in [0.2, 0.25) is 0 Å². The Morgan fingerprint density at radius 1 is 1.62 bits per heavy atom. The van der Waals surface area contributed by atoms with Crippen LogP contribution in [0.25, 0.3) is 0 Å². The summed E-state index contributed by atoms with van der Waals surface area (Å²) in [7, 11) is 0. The van der Waals surface area contributed by atoms with Crippen LogP contribution < -0.4 is 0 Å². The average molecular weight is 319 g/mol. The minimum Gasteiger partial charge on any atom is -0.390 e. The molecule has 0 aromatic carbocycles. The quantitative estimate of drug-likeness (QED) is 0.672.